The summed E-state index contributed by atoms with van der Waals surface area (Å²) in [5.41, 5.74) is -0.547. The molecule has 10 heteroatoms. The molecule has 6 rings (SSSR count). The van der Waals surface area contributed by atoms with Gasteiger partial charge in [0.2, 0.25) is 5.72 Å². The maximum atomic E-state index is 13.6. The molecule has 0 aliphatic carbocycles. The van der Waals surface area contributed by atoms with E-state index in [1.54, 1.807) is 47.9 Å². The number of aromatic nitrogens is 1. The average molecular weight is 555 g/mol. The third kappa shape index (κ3) is 4.00. The summed E-state index contributed by atoms with van der Waals surface area (Å²) < 4.78 is 19.9. The predicted molar refractivity (Wildman–Crippen MR) is 140 cm³/mol. The van der Waals surface area contributed by atoms with Gasteiger partial charge in [0, 0.05) is 11.6 Å². The molecule has 0 fully saturated rings. The predicted octanol–water partition coefficient (Wildman–Crippen LogP) is 4.75. The van der Waals surface area contributed by atoms with E-state index in [0.717, 1.165) is 5.56 Å². The number of fused-ring (bicyclic) bond motifs is 6. The highest BCUT2D eigenvalue weighted by Crippen LogP contribution is 2.47. The minimum Gasteiger partial charge on any atom is -0.484 e. The first-order chi connectivity index (χ1) is 17.7. The van der Waals surface area contributed by atoms with E-state index in [-0.39, 0.29) is 17.9 Å². The number of para-hydroxylation sites is 1. The third-order valence-electron chi connectivity index (χ3n) is 6.56. The second-order valence-corrected chi connectivity index (χ2v) is 10.8. The van der Waals surface area contributed by atoms with Crippen LogP contribution in [0.15, 0.2) is 68.8 Å². The number of benzene rings is 2. The lowest BCUT2D eigenvalue weighted by Crippen LogP contribution is -2.58. The van der Waals surface area contributed by atoms with Crippen molar-refractivity contribution in [2.45, 2.75) is 32.2 Å². The third-order valence-corrected chi connectivity index (χ3v) is 8.34. The Hall–Kier alpha value is -3.33. The molecule has 3 atom stereocenters. The van der Waals surface area contributed by atoms with Crippen molar-refractivity contribution in [1.29, 1.82) is 0 Å². The number of Topliss-reactive ketones (excluding diaryl/α,β-unsaturated/α-hetero) is 1. The summed E-state index contributed by atoms with van der Waals surface area (Å²) in [6.07, 6.45) is 1.67. The first-order valence-electron chi connectivity index (χ1n) is 11.5. The highest BCUT2D eigenvalue weighted by molar-refractivity contribution is 7.07. The van der Waals surface area contributed by atoms with Gasteiger partial charge in [0.15, 0.2) is 4.80 Å². The van der Waals surface area contributed by atoms with Gasteiger partial charge in [-0.15, -0.1) is 0 Å². The van der Waals surface area contributed by atoms with Crippen molar-refractivity contribution >= 4 is 46.4 Å². The molecule has 0 spiro atoms. The number of nitrogens with zero attached hydrogens (tertiary/aromatic N) is 2. The molecule has 2 bridgehead atoms. The maximum absolute atomic E-state index is 13.6. The molecule has 3 unspecified atom stereocenters. The zero-order valence-electron chi connectivity index (χ0n) is 19.7. The Bertz CT molecular complexity index is 1740. The lowest BCUT2D eigenvalue weighted by molar-refractivity contribution is -0.132. The summed E-state index contributed by atoms with van der Waals surface area (Å²) in [5, 5.41) is 0.732. The van der Waals surface area contributed by atoms with Gasteiger partial charge in [-0.2, -0.15) is 0 Å². The molecule has 0 radical (unpaired) electrons. The van der Waals surface area contributed by atoms with Crippen LogP contribution in [0.5, 0.6) is 11.5 Å². The average Bonchev–Trinajstić information content (AvgIpc) is 3.42. The highest BCUT2D eigenvalue weighted by Gasteiger charge is 2.53. The van der Waals surface area contributed by atoms with Crippen LogP contribution in [-0.2, 0) is 11.4 Å². The van der Waals surface area contributed by atoms with Gasteiger partial charge in [-0.25, -0.2) is 4.99 Å². The van der Waals surface area contributed by atoms with Gasteiger partial charge >= 0.3 is 0 Å². The number of hydrogen-bond donors (Lipinski definition) is 0. The second-order valence-electron chi connectivity index (χ2n) is 9.05. The summed E-state index contributed by atoms with van der Waals surface area (Å²) in [4.78, 5) is 31.6. The van der Waals surface area contributed by atoms with Crippen molar-refractivity contribution in [3.8, 4) is 11.5 Å². The first-order valence-corrected chi connectivity index (χ1v) is 13.1. The number of thiazole rings is 1. The Kier molecular flexibility index (Phi) is 5.78. The second kappa shape index (κ2) is 8.90. The fraction of sp³-hybridized carbons (Fsp3) is 0.222. The normalized spacial score (nSPS) is 22.0. The zero-order chi connectivity index (χ0) is 25.9. The smallest absolute Gasteiger partial charge is 0.271 e. The van der Waals surface area contributed by atoms with Crippen molar-refractivity contribution in [3.05, 3.63) is 101 Å². The molecule has 2 aliphatic rings. The summed E-state index contributed by atoms with van der Waals surface area (Å²) >= 11 is 13.5. The van der Waals surface area contributed by atoms with Gasteiger partial charge in [-0.05, 0) is 44.2 Å². The number of hydrogen-bond acceptors (Lipinski definition) is 7. The number of halogens is 2. The number of furan rings is 1. The first kappa shape index (κ1) is 24.0. The number of ketones is 1. The molecule has 0 saturated carbocycles. The molecular weight excluding hydrogens is 535 g/mol. The van der Waals surface area contributed by atoms with Crippen LogP contribution in [0.25, 0.3) is 6.08 Å². The Balaban J connectivity index is 1.37. The Morgan fingerprint density at radius 1 is 1.19 bits per heavy atom. The molecule has 0 saturated heterocycles. The Morgan fingerprint density at radius 2 is 2.00 bits per heavy atom. The monoisotopic (exact) mass is 554 g/mol. The van der Waals surface area contributed by atoms with E-state index in [2.05, 4.69) is 0 Å². The number of carbonyl (C=O) groups excluding carboxylic acids is 1. The van der Waals surface area contributed by atoms with Crippen molar-refractivity contribution in [1.82, 2.24) is 4.57 Å². The molecule has 4 heterocycles. The fourth-order valence-corrected chi connectivity index (χ4v) is 6.41. The Labute approximate surface area is 225 Å². The zero-order valence-corrected chi connectivity index (χ0v) is 22.1. The van der Waals surface area contributed by atoms with Gasteiger partial charge in [0.1, 0.15) is 46.4 Å². The van der Waals surface area contributed by atoms with Gasteiger partial charge in [0.05, 0.1) is 15.6 Å². The fourth-order valence-electron chi connectivity index (χ4n) is 4.98. The quantitative estimate of drug-likeness (QED) is 0.355. The SMILES string of the molecule is CC(=O)C1C2c3ccccc3OC1(C)N=c1s/c(=C\c3ccc(COc4cccc(Cl)c4Cl)o3)c(=O)n12. The maximum Gasteiger partial charge on any atom is 0.271 e. The van der Waals surface area contributed by atoms with Crippen molar-refractivity contribution in [3.63, 3.8) is 0 Å². The summed E-state index contributed by atoms with van der Waals surface area (Å²) in [5.74, 6) is 1.40. The van der Waals surface area contributed by atoms with Gasteiger partial charge in [-0.3, -0.25) is 14.2 Å². The van der Waals surface area contributed by atoms with Crippen LogP contribution in [0, 0.1) is 5.92 Å². The van der Waals surface area contributed by atoms with Crippen LogP contribution in [0.2, 0.25) is 10.0 Å². The Morgan fingerprint density at radius 3 is 2.81 bits per heavy atom. The molecule has 0 amide bonds. The molecule has 188 valence electrons. The lowest BCUT2D eigenvalue weighted by Gasteiger charge is -2.45. The van der Waals surface area contributed by atoms with E-state index in [1.165, 1.54) is 18.3 Å². The van der Waals surface area contributed by atoms with Crippen molar-refractivity contribution in [2.75, 3.05) is 0 Å². The van der Waals surface area contributed by atoms with Crippen LogP contribution in [0.1, 0.15) is 37.0 Å². The van der Waals surface area contributed by atoms with Crippen LogP contribution >= 0.6 is 34.5 Å². The molecule has 7 nitrogen and oxygen atoms in total. The van der Waals surface area contributed by atoms with E-state index in [9.17, 15) is 9.59 Å². The van der Waals surface area contributed by atoms with Crippen LogP contribution in [0.3, 0.4) is 0 Å². The molecule has 2 aromatic carbocycles. The van der Waals surface area contributed by atoms with E-state index >= 15 is 0 Å². The minimum absolute atomic E-state index is 0.0875. The summed E-state index contributed by atoms with van der Waals surface area (Å²) in [6, 6.07) is 15.6. The molecule has 4 aromatic rings. The van der Waals surface area contributed by atoms with E-state index < -0.39 is 17.7 Å². The molecule has 0 N–H and O–H groups in total. The molecule has 2 aliphatic heterocycles. The molecule has 2 aromatic heterocycles. The van der Waals surface area contributed by atoms with Crippen LogP contribution in [0.4, 0.5) is 0 Å². The van der Waals surface area contributed by atoms with Crippen LogP contribution < -0.4 is 24.4 Å². The molecular formula is C27H20Cl2N2O5S. The van der Waals surface area contributed by atoms with E-state index in [4.69, 9.17) is 42.1 Å². The molecule has 37 heavy (non-hydrogen) atoms. The minimum atomic E-state index is -1.10. The topological polar surface area (TPSA) is 83.0 Å². The van der Waals surface area contributed by atoms with E-state index in [1.807, 2.05) is 24.3 Å². The van der Waals surface area contributed by atoms with Gasteiger partial charge in [0.25, 0.3) is 5.56 Å². The highest BCUT2D eigenvalue weighted by atomic mass is 35.5. The van der Waals surface area contributed by atoms with Crippen molar-refractivity contribution in [2.24, 2.45) is 10.9 Å². The van der Waals surface area contributed by atoms with Crippen molar-refractivity contribution < 1.29 is 18.7 Å². The van der Waals surface area contributed by atoms with Crippen LogP contribution in [-0.4, -0.2) is 16.1 Å². The summed E-state index contributed by atoms with van der Waals surface area (Å²) in [7, 11) is 0. The standard InChI is InChI=1S/C27H20Cl2N2O5S/c1-14(32)22-24-17-6-3-4-8-19(17)36-27(22,2)30-26-31(24)25(33)21(37-26)12-15-10-11-16(35-15)13-34-20-9-5-7-18(28)23(20)29/h3-12,22,24H,13H2,1-2H3/b21-12-. The summed E-state index contributed by atoms with van der Waals surface area (Å²) in [6.45, 7) is 3.45. The number of carbonyl (C=O) groups is 1. The number of rotatable bonds is 5. The van der Waals surface area contributed by atoms with E-state index in [0.29, 0.717) is 42.4 Å². The van der Waals surface area contributed by atoms with Gasteiger partial charge < -0.3 is 13.9 Å². The van der Waals surface area contributed by atoms with Gasteiger partial charge in [-0.1, -0.05) is 58.8 Å². The lowest BCUT2D eigenvalue weighted by atomic mass is 9.79. The number of ether oxygens (including phenoxy) is 2. The largest absolute Gasteiger partial charge is 0.484 e.